The molecule has 1 N–H and O–H groups in total. The van der Waals surface area contributed by atoms with Crippen LogP contribution in [0.5, 0.6) is 0 Å². The maximum Gasteiger partial charge on any atom is 0.352 e. The van der Waals surface area contributed by atoms with E-state index >= 15 is 0 Å². The van der Waals surface area contributed by atoms with Crippen molar-refractivity contribution in [2.24, 2.45) is 7.05 Å². The topological polar surface area (TPSA) is 42.2 Å². The monoisotopic (exact) mass is 239 g/mol. The van der Waals surface area contributed by atoms with Gasteiger partial charge in [0.1, 0.15) is 5.69 Å². The Morgan fingerprint density at radius 3 is 2.44 bits per heavy atom. The molecule has 1 aromatic heterocycles. The lowest BCUT2D eigenvalue weighted by Crippen LogP contribution is -2.03. The van der Waals surface area contributed by atoms with Crippen molar-refractivity contribution in [3.63, 3.8) is 0 Å². The van der Waals surface area contributed by atoms with Crippen molar-refractivity contribution in [3.8, 4) is 0 Å². The number of fused-ring (bicyclic) bond motifs is 3. The first-order valence-electron chi connectivity index (χ1n) is 5.80. The number of aromatic nitrogens is 1. The van der Waals surface area contributed by atoms with E-state index in [0.29, 0.717) is 5.69 Å². The van der Waals surface area contributed by atoms with E-state index in [1.165, 1.54) is 5.39 Å². The van der Waals surface area contributed by atoms with Crippen LogP contribution in [0.4, 0.5) is 0 Å². The molecule has 0 saturated heterocycles. The Balaban J connectivity index is 2.56. The Kier molecular flexibility index (Phi) is 2.17. The van der Waals surface area contributed by atoms with E-state index in [1.54, 1.807) is 17.7 Å². The number of hydrogen-bond donors (Lipinski definition) is 1. The molecule has 3 rings (SSSR count). The lowest BCUT2D eigenvalue weighted by molar-refractivity contribution is 0.0687. The molecule has 2 aromatic carbocycles. The van der Waals surface area contributed by atoms with Crippen LogP contribution < -0.4 is 0 Å². The van der Waals surface area contributed by atoms with Gasteiger partial charge in [-0.3, -0.25) is 0 Å². The minimum absolute atomic E-state index is 0.320. The van der Waals surface area contributed by atoms with E-state index in [0.717, 1.165) is 21.9 Å². The van der Waals surface area contributed by atoms with Crippen LogP contribution in [0, 0.1) is 6.92 Å². The summed E-state index contributed by atoms with van der Waals surface area (Å²) in [6, 6.07) is 11.9. The summed E-state index contributed by atoms with van der Waals surface area (Å²) < 4.78 is 1.73. The lowest BCUT2D eigenvalue weighted by Gasteiger charge is -2.05. The third-order valence-electron chi connectivity index (χ3n) is 3.49. The maximum atomic E-state index is 11.2. The van der Waals surface area contributed by atoms with Gasteiger partial charge in [0.2, 0.25) is 0 Å². The zero-order valence-corrected chi connectivity index (χ0v) is 10.3. The molecule has 0 aliphatic rings. The van der Waals surface area contributed by atoms with Crippen molar-refractivity contribution in [2.45, 2.75) is 6.92 Å². The van der Waals surface area contributed by atoms with Gasteiger partial charge in [-0.25, -0.2) is 4.79 Å². The zero-order valence-electron chi connectivity index (χ0n) is 10.3. The molecule has 0 aliphatic carbocycles. The highest BCUT2D eigenvalue weighted by atomic mass is 16.4. The highest BCUT2D eigenvalue weighted by Gasteiger charge is 2.14. The zero-order chi connectivity index (χ0) is 12.9. The van der Waals surface area contributed by atoms with Crippen LogP contribution in [-0.2, 0) is 7.05 Å². The summed E-state index contributed by atoms with van der Waals surface area (Å²) in [6.45, 7) is 2.05. The molecular weight excluding hydrogens is 226 g/mol. The third-order valence-corrected chi connectivity index (χ3v) is 3.49. The van der Waals surface area contributed by atoms with E-state index in [9.17, 15) is 9.90 Å². The number of aryl methyl sites for hydroxylation is 2. The predicted octanol–water partition coefficient (Wildman–Crippen LogP) is 3.34. The number of carboxylic acid groups (broad SMARTS) is 1. The number of benzene rings is 2. The Morgan fingerprint density at radius 2 is 1.78 bits per heavy atom. The van der Waals surface area contributed by atoms with E-state index in [2.05, 4.69) is 13.0 Å². The summed E-state index contributed by atoms with van der Waals surface area (Å²) in [7, 11) is 1.79. The summed E-state index contributed by atoms with van der Waals surface area (Å²) in [5.74, 6) is -0.893. The van der Waals surface area contributed by atoms with Crippen LogP contribution in [0.15, 0.2) is 36.4 Å². The molecule has 0 atom stereocenters. The second kappa shape index (κ2) is 3.60. The summed E-state index contributed by atoms with van der Waals surface area (Å²) in [4.78, 5) is 11.2. The molecule has 0 fully saturated rings. The first-order chi connectivity index (χ1) is 8.59. The van der Waals surface area contributed by atoms with Crippen LogP contribution in [-0.4, -0.2) is 15.6 Å². The average Bonchev–Trinajstić information content (AvgIpc) is 2.68. The van der Waals surface area contributed by atoms with Gasteiger partial charge in [0.25, 0.3) is 0 Å². The molecule has 0 spiro atoms. The number of carboxylic acids is 1. The van der Waals surface area contributed by atoms with E-state index < -0.39 is 5.97 Å². The van der Waals surface area contributed by atoms with Gasteiger partial charge in [-0.15, -0.1) is 0 Å². The van der Waals surface area contributed by atoms with Gasteiger partial charge in [-0.05, 0) is 35.4 Å². The van der Waals surface area contributed by atoms with Crippen molar-refractivity contribution >= 4 is 27.6 Å². The van der Waals surface area contributed by atoms with Gasteiger partial charge in [-0.1, -0.05) is 24.3 Å². The number of nitrogens with zero attached hydrogens (tertiary/aromatic N) is 1. The molecule has 0 unspecified atom stereocenters. The van der Waals surface area contributed by atoms with Crippen LogP contribution in [0.25, 0.3) is 21.7 Å². The van der Waals surface area contributed by atoms with Crippen molar-refractivity contribution in [2.75, 3.05) is 0 Å². The molecule has 3 heteroatoms. The second-order valence-corrected chi connectivity index (χ2v) is 4.57. The van der Waals surface area contributed by atoms with Gasteiger partial charge in [0.15, 0.2) is 0 Å². The molecule has 0 saturated carbocycles. The summed E-state index contributed by atoms with van der Waals surface area (Å²) in [5.41, 5.74) is 2.44. The van der Waals surface area contributed by atoms with Crippen molar-refractivity contribution in [1.82, 2.24) is 4.57 Å². The third kappa shape index (κ3) is 1.34. The van der Waals surface area contributed by atoms with Gasteiger partial charge in [-0.2, -0.15) is 0 Å². The second-order valence-electron chi connectivity index (χ2n) is 4.57. The van der Waals surface area contributed by atoms with E-state index in [-0.39, 0.29) is 0 Å². The van der Waals surface area contributed by atoms with Crippen molar-refractivity contribution in [3.05, 3.63) is 47.7 Å². The minimum atomic E-state index is -0.893. The van der Waals surface area contributed by atoms with E-state index in [4.69, 9.17) is 0 Å². The van der Waals surface area contributed by atoms with Gasteiger partial charge >= 0.3 is 5.97 Å². The average molecular weight is 239 g/mol. The molecule has 0 amide bonds. The number of hydrogen-bond acceptors (Lipinski definition) is 1. The Bertz CT molecular complexity index is 784. The molecule has 0 aliphatic heterocycles. The first-order valence-corrected chi connectivity index (χ1v) is 5.80. The standard InChI is InChI=1S/C15H13NO2/c1-9-7-13-12(8-14(15(17)18)16(13)2)11-6-4-3-5-10(9)11/h3-8H,1-2H3,(H,17,18). The molecule has 90 valence electrons. The fraction of sp³-hybridized carbons (Fsp3) is 0.133. The Morgan fingerprint density at radius 1 is 1.11 bits per heavy atom. The lowest BCUT2D eigenvalue weighted by atomic mass is 10.0. The smallest absolute Gasteiger partial charge is 0.352 e. The molecule has 0 bridgehead atoms. The number of carbonyl (C=O) groups is 1. The molecule has 3 nitrogen and oxygen atoms in total. The Hall–Kier alpha value is -2.29. The normalized spacial score (nSPS) is 11.2. The highest BCUT2D eigenvalue weighted by molar-refractivity contribution is 6.10. The largest absolute Gasteiger partial charge is 0.477 e. The van der Waals surface area contributed by atoms with Crippen LogP contribution in [0.2, 0.25) is 0 Å². The van der Waals surface area contributed by atoms with Crippen LogP contribution in [0.3, 0.4) is 0 Å². The fourth-order valence-electron chi connectivity index (χ4n) is 2.56. The quantitative estimate of drug-likeness (QED) is 0.707. The van der Waals surface area contributed by atoms with Crippen LogP contribution >= 0.6 is 0 Å². The molecule has 3 aromatic rings. The van der Waals surface area contributed by atoms with Crippen LogP contribution in [0.1, 0.15) is 16.1 Å². The molecule has 0 radical (unpaired) electrons. The minimum Gasteiger partial charge on any atom is -0.477 e. The first kappa shape index (κ1) is 10.8. The maximum absolute atomic E-state index is 11.2. The van der Waals surface area contributed by atoms with Gasteiger partial charge in [0.05, 0.1) is 0 Å². The molecular formula is C15H13NO2. The fourth-order valence-corrected chi connectivity index (χ4v) is 2.56. The van der Waals surface area contributed by atoms with Gasteiger partial charge < -0.3 is 9.67 Å². The number of rotatable bonds is 1. The molecule has 18 heavy (non-hydrogen) atoms. The Labute approximate surface area is 104 Å². The summed E-state index contributed by atoms with van der Waals surface area (Å²) in [6.07, 6.45) is 0. The van der Waals surface area contributed by atoms with E-state index in [1.807, 2.05) is 24.3 Å². The van der Waals surface area contributed by atoms with Crippen molar-refractivity contribution < 1.29 is 9.90 Å². The summed E-state index contributed by atoms with van der Waals surface area (Å²) >= 11 is 0. The SMILES string of the molecule is Cc1cc2c(cc(C(=O)O)n2C)c2ccccc12. The number of aromatic carboxylic acids is 1. The summed E-state index contributed by atoms with van der Waals surface area (Å²) in [5, 5.41) is 12.5. The van der Waals surface area contributed by atoms with Gasteiger partial charge in [0, 0.05) is 18.0 Å². The highest BCUT2D eigenvalue weighted by Crippen LogP contribution is 2.30. The predicted molar refractivity (Wildman–Crippen MR) is 72.1 cm³/mol. The van der Waals surface area contributed by atoms with Crippen molar-refractivity contribution in [1.29, 1.82) is 0 Å². The molecule has 1 heterocycles.